The fourth-order valence-corrected chi connectivity index (χ4v) is 6.54. The van der Waals surface area contributed by atoms with Gasteiger partial charge >= 0.3 is 0 Å². The first-order valence-corrected chi connectivity index (χ1v) is 13.0. The highest BCUT2D eigenvalue weighted by atomic mass is 32.2. The Bertz CT molecular complexity index is 1880. The van der Waals surface area contributed by atoms with Gasteiger partial charge < -0.3 is 0 Å². The number of hydrogen-bond acceptors (Lipinski definition) is 3. The van der Waals surface area contributed by atoms with E-state index in [9.17, 15) is 0 Å². The summed E-state index contributed by atoms with van der Waals surface area (Å²) in [6.45, 7) is 11.2. The molecule has 0 spiro atoms. The molecule has 0 fully saturated rings. The highest BCUT2D eigenvalue weighted by Gasteiger charge is 2.24. The summed E-state index contributed by atoms with van der Waals surface area (Å²) in [5.74, 6) is 0. The maximum Gasteiger partial charge on any atom is 0.111 e. The molecule has 4 aromatic carbocycles. The Balaban J connectivity index is 1.58. The van der Waals surface area contributed by atoms with Gasteiger partial charge in [0.05, 0.1) is 11.2 Å². The third kappa shape index (κ3) is 2.98. The minimum Gasteiger partial charge on any atom is -0.255 e. The lowest BCUT2D eigenvalue weighted by Gasteiger charge is -2.22. The number of benzene rings is 4. The van der Waals surface area contributed by atoms with Crippen molar-refractivity contribution >= 4 is 55.0 Å². The minimum atomic E-state index is 0.104. The molecule has 1 aliphatic heterocycles. The molecule has 170 valence electrons. The summed E-state index contributed by atoms with van der Waals surface area (Å²) in [6, 6.07) is 22.7. The van der Waals surface area contributed by atoms with Gasteiger partial charge in [-0.2, -0.15) is 0 Å². The van der Waals surface area contributed by atoms with Gasteiger partial charge in [-0.3, -0.25) is 4.98 Å². The predicted molar refractivity (Wildman–Crippen MR) is 150 cm³/mol. The second-order valence-corrected chi connectivity index (χ2v) is 11.9. The fraction of sp³-hybridized carbons (Fsp3) is 0.188. The monoisotopic (exact) mass is 470 g/mol. The number of nitrogens with zero attached hydrogens (tertiary/aromatic N) is 2. The van der Waals surface area contributed by atoms with Gasteiger partial charge in [0, 0.05) is 27.4 Å². The molecule has 3 heterocycles. The molecule has 2 aromatic heterocycles. The molecule has 7 rings (SSSR count). The van der Waals surface area contributed by atoms with E-state index in [0.29, 0.717) is 0 Å². The molecule has 35 heavy (non-hydrogen) atoms. The summed E-state index contributed by atoms with van der Waals surface area (Å²) in [5, 5.41) is 9.92. The van der Waals surface area contributed by atoms with E-state index in [4.69, 9.17) is 9.97 Å². The van der Waals surface area contributed by atoms with Crippen molar-refractivity contribution < 1.29 is 0 Å². The predicted octanol–water partition coefficient (Wildman–Crippen LogP) is 9.14. The quantitative estimate of drug-likeness (QED) is 0.207. The molecule has 1 aliphatic rings. The first kappa shape index (κ1) is 20.9. The van der Waals surface area contributed by atoms with Crippen LogP contribution in [0, 0.1) is 13.8 Å². The zero-order valence-electron chi connectivity index (χ0n) is 20.7. The molecular weight excluding hydrogens is 444 g/mol. The van der Waals surface area contributed by atoms with E-state index in [1.165, 1.54) is 59.3 Å². The number of fused-ring (bicyclic) bond motifs is 7. The molecule has 3 heteroatoms. The third-order valence-electron chi connectivity index (χ3n) is 7.63. The van der Waals surface area contributed by atoms with Crippen LogP contribution in [-0.2, 0) is 5.41 Å². The van der Waals surface area contributed by atoms with Crippen LogP contribution in [0.25, 0.3) is 54.5 Å². The summed E-state index contributed by atoms with van der Waals surface area (Å²) in [5.41, 5.74) is 7.27. The molecule has 0 aliphatic carbocycles. The Morgan fingerprint density at radius 2 is 1.54 bits per heavy atom. The fourth-order valence-electron chi connectivity index (χ4n) is 5.44. The van der Waals surface area contributed by atoms with Crippen molar-refractivity contribution in [1.82, 2.24) is 9.97 Å². The number of rotatable bonds is 0. The number of aryl methyl sites for hydroxylation is 2. The van der Waals surface area contributed by atoms with Crippen LogP contribution in [0.1, 0.15) is 37.5 Å². The van der Waals surface area contributed by atoms with Crippen LogP contribution >= 0.6 is 11.8 Å². The molecule has 0 bridgehead atoms. The summed E-state index contributed by atoms with van der Waals surface area (Å²) in [4.78, 5) is 11.3. The Kier molecular flexibility index (Phi) is 4.21. The zero-order valence-corrected chi connectivity index (χ0v) is 21.5. The lowest BCUT2D eigenvalue weighted by atomic mass is 9.85. The molecule has 0 amide bonds. The van der Waals surface area contributed by atoms with Crippen molar-refractivity contribution in [3.63, 3.8) is 0 Å². The summed E-state index contributed by atoms with van der Waals surface area (Å²) < 4.78 is 0. The molecule has 2 nitrogen and oxygen atoms in total. The largest absolute Gasteiger partial charge is 0.255 e. The summed E-state index contributed by atoms with van der Waals surface area (Å²) >= 11 is 1.79. The standard InChI is InChI=1S/C32H26N2S/c1-17-6-7-20-14-26-30-28-23(12-13-33-30)22-11-9-19-8-10-21(32(3,4)5)15-24(19)25(22)16-27(28)35-31(26)34-29(20)18(17)2/h6-16H,1-5H3. The maximum atomic E-state index is 5.17. The SMILES string of the molecule is Cc1ccc2cc3c(nc2c1C)Sc1cc2c4cc(C(C)(C)C)ccc4ccc2c2ccnc-3c12. The van der Waals surface area contributed by atoms with Crippen LogP contribution in [0.5, 0.6) is 0 Å². The van der Waals surface area contributed by atoms with E-state index in [0.717, 1.165) is 21.8 Å². The molecule has 0 saturated carbocycles. The number of hydrogen-bond donors (Lipinski definition) is 0. The highest BCUT2D eigenvalue weighted by molar-refractivity contribution is 7.99. The molecule has 0 N–H and O–H groups in total. The van der Waals surface area contributed by atoms with E-state index in [1.54, 1.807) is 11.8 Å². The van der Waals surface area contributed by atoms with Crippen molar-refractivity contribution in [2.75, 3.05) is 0 Å². The minimum absolute atomic E-state index is 0.104. The van der Waals surface area contributed by atoms with E-state index < -0.39 is 0 Å². The average Bonchev–Trinajstić information content (AvgIpc) is 2.85. The second-order valence-electron chi connectivity index (χ2n) is 10.8. The van der Waals surface area contributed by atoms with Crippen molar-refractivity contribution in [1.29, 1.82) is 0 Å². The van der Waals surface area contributed by atoms with Crippen LogP contribution in [0.3, 0.4) is 0 Å². The first-order chi connectivity index (χ1) is 16.8. The Morgan fingerprint density at radius 3 is 2.37 bits per heavy atom. The molecule has 0 unspecified atom stereocenters. The van der Waals surface area contributed by atoms with E-state index in [1.807, 2.05) is 6.20 Å². The van der Waals surface area contributed by atoms with Crippen LogP contribution in [-0.4, -0.2) is 9.97 Å². The molecular formula is C32H26N2S. The molecule has 6 aromatic rings. The van der Waals surface area contributed by atoms with Crippen LogP contribution < -0.4 is 0 Å². The first-order valence-electron chi connectivity index (χ1n) is 12.2. The van der Waals surface area contributed by atoms with Gasteiger partial charge in [-0.05, 0) is 81.1 Å². The summed E-state index contributed by atoms with van der Waals surface area (Å²) in [7, 11) is 0. The highest BCUT2D eigenvalue weighted by Crippen LogP contribution is 2.49. The third-order valence-corrected chi connectivity index (χ3v) is 8.68. The van der Waals surface area contributed by atoms with Gasteiger partial charge in [0.25, 0.3) is 0 Å². The van der Waals surface area contributed by atoms with E-state index in [2.05, 4.69) is 95.3 Å². The molecule has 0 radical (unpaired) electrons. The smallest absolute Gasteiger partial charge is 0.111 e. The van der Waals surface area contributed by atoms with Gasteiger partial charge in [-0.1, -0.05) is 75.0 Å². The van der Waals surface area contributed by atoms with Gasteiger partial charge in [0.1, 0.15) is 5.03 Å². The van der Waals surface area contributed by atoms with Crippen molar-refractivity contribution in [2.45, 2.75) is 50.0 Å². The average molecular weight is 471 g/mol. The molecule has 0 saturated heterocycles. The van der Waals surface area contributed by atoms with Gasteiger partial charge in [-0.15, -0.1) is 0 Å². The van der Waals surface area contributed by atoms with Crippen LogP contribution in [0.2, 0.25) is 0 Å². The Hall–Kier alpha value is -3.43. The Labute approximate surface area is 209 Å². The second kappa shape index (κ2) is 7.05. The van der Waals surface area contributed by atoms with Crippen molar-refractivity contribution in [3.05, 3.63) is 83.6 Å². The van der Waals surface area contributed by atoms with Gasteiger partial charge in [-0.25, -0.2) is 4.98 Å². The van der Waals surface area contributed by atoms with Crippen LogP contribution in [0.4, 0.5) is 0 Å². The number of aromatic nitrogens is 2. The van der Waals surface area contributed by atoms with E-state index in [-0.39, 0.29) is 5.41 Å². The maximum absolute atomic E-state index is 5.17. The van der Waals surface area contributed by atoms with Crippen molar-refractivity contribution in [2.24, 2.45) is 0 Å². The van der Waals surface area contributed by atoms with Gasteiger partial charge in [0.2, 0.25) is 0 Å². The van der Waals surface area contributed by atoms with E-state index >= 15 is 0 Å². The lowest BCUT2D eigenvalue weighted by molar-refractivity contribution is 0.591. The number of pyridine rings is 2. The normalized spacial score (nSPS) is 13.2. The molecule has 0 atom stereocenters. The topological polar surface area (TPSA) is 25.8 Å². The Morgan fingerprint density at radius 1 is 0.743 bits per heavy atom. The summed E-state index contributed by atoms with van der Waals surface area (Å²) in [6.07, 6.45) is 1.96. The lowest BCUT2D eigenvalue weighted by Crippen LogP contribution is -2.10. The van der Waals surface area contributed by atoms with Gasteiger partial charge in [0.15, 0.2) is 0 Å². The van der Waals surface area contributed by atoms with Crippen molar-refractivity contribution in [3.8, 4) is 11.3 Å². The van der Waals surface area contributed by atoms with Crippen LogP contribution in [0.15, 0.2) is 76.8 Å². The zero-order chi connectivity index (χ0) is 24.1.